The van der Waals surface area contributed by atoms with Crippen LogP contribution in [-0.2, 0) is 0 Å². The molecule has 1 fully saturated rings. The summed E-state index contributed by atoms with van der Waals surface area (Å²) in [5.74, 6) is -0.122. The predicted molar refractivity (Wildman–Crippen MR) is 104 cm³/mol. The summed E-state index contributed by atoms with van der Waals surface area (Å²) in [6, 6.07) is 11.6. The summed E-state index contributed by atoms with van der Waals surface area (Å²) in [5, 5.41) is 4.38. The summed E-state index contributed by atoms with van der Waals surface area (Å²) in [5.41, 5.74) is 1.99. The molecular formula is C20H23N5O2. The molecule has 0 aliphatic carbocycles. The molecule has 4 rings (SSSR count). The van der Waals surface area contributed by atoms with Gasteiger partial charge in [0.25, 0.3) is 11.5 Å². The maximum atomic E-state index is 12.8. The van der Waals surface area contributed by atoms with Gasteiger partial charge in [-0.15, -0.1) is 0 Å². The zero-order chi connectivity index (χ0) is 19.0. The Labute approximate surface area is 157 Å². The van der Waals surface area contributed by atoms with Crippen molar-refractivity contribution in [3.8, 4) is 11.3 Å². The van der Waals surface area contributed by atoms with Gasteiger partial charge in [0.2, 0.25) is 0 Å². The van der Waals surface area contributed by atoms with Crippen molar-refractivity contribution in [1.29, 1.82) is 0 Å². The van der Waals surface area contributed by atoms with E-state index in [2.05, 4.69) is 28.8 Å². The van der Waals surface area contributed by atoms with E-state index in [-0.39, 0.29) is 11.5 Å². The molecule has 1 aromatic carbocycles. The topological polar surface area (TPSA) is 73.7 Å². The summed E-state index contributed by atoms with van der Waals surface area (Å²) in [4.78, 5) is 32.3. The van der Waals surface area contributed by atoms with E-state index in [4.69, 9.17) is 0 Å². The van der Waals surface area contributed by atoms with Gasteiger partial charge in [-0.3, -0.25) is 14.5 Å². The van der Waals surface area contributed by atoms with Crippen molar-refractivity contribution in [2.75, 3.05) is 26.2 Å². The molecule has 3 heterocycles. The lowest BCUT2D eigenvalue weighted by molar-refractivity contribution is 0.0589. The van der Waals surface area contributed by atoms with Gasteiger partial charge in [-0.05, 0) is 19.4 Å². The maximum Gasteiger partial charge on any atom is 0.274 e. The number of nitrogens with zero attached hydrogens (tertiary/aromatic N) is 4. The fourth-order valence-corrected chi connectivity index (χ4v) is 3.48. The fourth-order valence-electron chi connectivity index (χ4n) is 3.48. The van der Waals surface area contributed by atoms with Crippen molar-refractivity contribution in [3.05, 3.63) is 58.6 Å². The summed E-state index contributed by atoms with van der Waals surface area (Å²) >= 11 is 0. The van der Waals surface area contributed by atoms with E-state index in [1.54, 1.807) is 12.3 Å². The van der Waals surface area contributed by atoms with Gasteiger partial charge in [-0.25, -0.2) is 4.52 Å². The van der Waals surface area contributed by atoms with Gasteiger partial charge in [0.1, 0.15) is 5.52 Å². The smallest absolute Gasteiger partial charge is 0.274 e. The molecule has 7 heteroatoms. The quantitative estimate of drug-likeness (QED) is 0.769. The average molecular weight is 365 g/mol. The molecule has 0 atom stereocenters. The van der Waals surface area contributed by atoms with Crippen LogP contribution >= 0.6 is 0 Å². The van der Waals surface area contributed by atoms with Crippen molar-refractivity contribution < 1.29 is 4.79 Å². The molecular weight excluding hydrogens is 342 g/mol. The Morgan fingerprint density at radius 1 is 1.11 bits per heavy atom. The Bertz CT molecular complexity index is 1010. The first-order valence-corrected chi connectivity index (χ1v) is 9.24. The minimum atomic E-state index is -0.257. The van der Waals surface area contributed by atoms with Crippen molar-refractivity contribution >= 4 is 11.4 Å². The van der Waals surface area contributed by atoms with Crippen LogP contribution in [0.4, 0.5) is 0 Å². The molecule has 0 spiro atoms. The third-order valence-electron chi connectivity index (χ3n) is 5.10. The number of benzene rings is 1. The zero-order valence-corrected chi connectivity index (χ0v) is 15.6. The van der Waals surface area contributed by atoms with Crippen LogP contribution in [0.15, 0.2) is 47.4 Å². The molecule has 27 heavy (non-hydrogen) atoms. The van der Waals surface area contributed by atoms with Crippen LogP contribution in [0.1, 0.15) is 24.3 Å². The van der Waals surface area contributed by atoms with Crippen LogP contribution in [0, 0.1) is 0 Å². The first-order valence-electron chi connectivity index (χ1n) is 9.24. The number of hydrogen-bond donors (Lipinski definition) is 1. The van der Waals surface area contributed by atoms with Gasteiger partial charge in [0, 0.05) is 38.3 Å². The Kier molecular flexibility index (Phi) is 4.53. The van der Waals surface area contributed by atoms with Crippen molar-refractivity contribution in [2.45, 2.75) is 19.9 Å². The van der Waals surface area contributed by atoms with E-state index in [0.29, 0.717) is 36.0 Å². The van der Waals surface area contributed by atoms with E-state index >= 15 is 0 Å². The molecule has 3 aromatic rings. The average Bonchev–Trinajstić information content (AvgIpc) is 3.13. The summed E-state index contributed by atoms with van der Waals surface area (Å²) in [7, 11) is 0. The number of nitrogens with one attached hydrogen (secondary N) is 1. The van der Waals surface area contributed by atoms with Gasteiger partial charge in [-0.2, -0.15) is 5.10 Å². The first-order chi connectivity index (χ1) is 13.0. The minimum absolute atomic E-state index is 0.122. The molecule has 0 unspecified atom stereocenters. The lowest BCUT2D eigenvalue weighted by Crippen LogP contribution is -2.50. The number of carbonyl (C=O) groups excluding carboxylic acids is 1. The van der Waals surface area contributed by atoms with Crippen LogP contribution in [0.3, 0.4) is 0 Å². The molecule has 0 radical (unpaired) electrons. The van der Waals surface area contributed by atoms with Gasteiger partial charge < -0.3 is 9.88 Å². The van der Waals surface area contributed by atoms with Crippen LogP contribution in [0.5, 0.6) is 0 Å². The highest BCUT2D eigenvalue weighted by atomic mass is 16.2. The summed E-state index contributed by atoms with van der Waals surface area (Å²) in [6.07, 6.45) is 1.75. The standard InChI is InChI=1S/C20H23N5O2/c1-14(2)23-8-10-24(11-9-23)20(27)16-12-18-19(26)21-17(13-25(18)22-16)15-6-4-3-5-7-15/h3-7,12-14H,8-11H2,1-2H3,(H,21,26). The second-order valence-corrected chi connectivity index (χ2v) is 7.14. The van der Waals surface area contributed by atoms with Gasteiger partial charge in [0.05, 0.1) is 11.9 Å². The van der Waals surface area contributed by atoms with E-state index in [9.17, 15) is 9.59 Å². The Morgan fingerprint density at radius 3 is 2.48 bits per heavy atom. The molecule has 1 saturated heterocycles. The van der Waals surface area contributed by atoms with Crippen LogP contribution in [-0.4, -0.2) is 62.5 Å². The highest BCUT2D eigenvalue weighted by molar-refractivity contribution is 5.93. The van der Waals surface area contributed by atoms with Crippen molar-refractivity contribution in [2.24, 2.45) is 0 Å². The van der Waals surface area contributed by atoms with Crippen LogP contribution in [0.2, 0.25) is 0 Å². The molecule has 0 saturated carbocycles. The number of fused-ring (bicyclic) bond motifs is 1. The lowest BCUT2D eigenvalue weighted by atomic mass is 10.2. The molecule has 1 aliphatic rings. The highest BCUT2D eigenvalue weighted by Gasteiger charge is 2.25. The molecule has 140 valence electrons. The van der Waals surface area contributed by atoms with E-state index in [0.717, 1.165) is 18.7 Å². The van der Waals surface area contributed by atoms with Crippen molar-refractivity contribution in [1.82, 2.24) is 24.4 Å². The third kappa shape index (κ3) is 3.38. The third-order valence-corrected chi connectivity index (χ3v) is 5.10. The normalized spacial score (nSPS) is 15.6. The highest BCUT2D eigenvalue weighted by Crippen LogP contribution is 2.16. The number of piperazine rings is 1. The summed E-state index contributed by atoms with van der Waals surface area (Å²) < 4.78 is 1.50. The number of rotatable bonds is 3. The Morgan fingerprint density at radius 2 is 1.81 bits per heavy atom. The van der Waals surface area contributed by atoms with Gasteiger partial charge >= 0.3 is 0 Å². The molecule has 1 N–H and O–H groups in total. The monoisotopic (exact) mass is 365 g/mol. The van der Waals surface area contributed by atoms with E-state index < -0.39 is 0 Å². The number of H-pyrrole nitrogens is 1. The molecule has 7 nitrogen and oxygen atoms in total. The van der Waals surface area contributed by atoms with E-state index in [1.807, 2.05) is 35.2 Å². The number of carbonyl (C=O) groups is 1. The SMILES string of the molecule is CC(C)N1CCN(C(=O)c2cc3c(=O)[nH]c(-c4ccccc4)cn3n2)CC1. The predicted octanol–water partition coefficient (Wildman–Crippen LogP) is 1.86. The Balaban J connectivity index is 1.61. The molecule has 1 aliphatic heterocycles. The van der Waals surface area contributed by atoms with Crippen LogP contribution in [0.25, 0.3) is 16.8 Å². The number of aromatic nitrogens is 3. The summed E-state index contributed by atoms with van der Waals surface area (Å²) in [6.45, 7) is 7.39. The molecule has 2 aromatic heterocycles. The second-order valence-electron chi connectivity index (χ2n) is 7.14. The first kappa shape index (κ1) is 17.5. The lowest BCUT2D eigenvalue weighted by Gasteiger charge is -2.36. The van der Waals surface area contributed by atoms with Gasteiger partial charge in [0.15, 0.2) is 5.69 Å². The molecule has 0 bridgehead atoms. The zero-order valence-electron chi connectivity index (χ0n) is 15.6. The number of hydrogen-bond acceptors (Lipinski definition) is 4. The van der Waals surface area contributed by atoms with Crippen molar-refractivity contribution in [3.63, 3.8) is 0 Å². The maximum absolute atomic E-state index is 12.8. The number of aromatic amines is 1. The largest absolute Gasteiger partial charge is 0.335 e. The number of amides is 1. The van der Waals surface area contributed by atoms with E-state index in [1.165, 1.54) is 4.52 Å². The molecule has 1 amide bonds. The minimum Gasteiger partial charge on any atom is -0.335 e. The Hall–Kier alpha value is -2.93. The van der Waals surface area contributed by atoms with Crippen LogP contribution < -0.4 is 5.56 Å². The second kappa shape index (κ2) is 7.00. The van der Waals surface area contributed by atoms with Gasteiger partial charge in [-0.1, -0.05) is 30.3 Å². The fraction of sp³-hybridized carbons (Fsp3) is 0.350.